The van der Waals surface area contributed by atoms with Crippen LogP contribution >= 0.6 is 0 Å². The van der Waals surface area contributed by atoms with E-state index >= 15 is 0 Å². The van der Waals surface area contributed by atoms with Gasteiger partial charge in [-0.3, -0.25) is 14.4 Å². The smallest absolute Gasteiger partial charge is 0.220 e. The third-order valence-corrected chi connectivity index (χ3v) is 6.09. The lowest BCUT2D eigenvalue weighted by Gasteiger charge is -2.26. The van der Waals surface area contributed by atoms with Gasteiger partial charge in [-0.1, -0.05) is 12.1 Å². The molecular weight excluding hydrogens is 340 g/mol. The molecule has 5 nitrogen and oxygen atoms in total. The minimum Gasteiger partial charge on any atom is -0.369 e. The summed E-state index contributed by atoms with van der Waals surface area (Å²) in [6.07, 6.45) is 8.51. The van der Waals surface area contributed by atoms with Crippen LogP contribution < -0.4 is 11.1 Å². The Hall–Kier alpha value is -2.17. The Morgan fingerprint density at radius 1 is 0.963 bits per heavy atom. The number of carbonyl (C=O) groups is 3. The molecule has 1 aromatic rings. The lowest BCUT2D eigenvalue weighted by molar-refractivity contribution is -0.124. The fourth-order valence-electron chi connectivity index (χ4n) is 4.28. The van der Waals surface area contributed by atoms with Gasteiger partial charge in [-0.25, -0.2) is 0 Å². The largest absolute Gasteiger partial charge is 0.369 e. The van der Waals surface area contributed by atoms with E-state index in [-0.39, 0.29) is 36.4 Å². The zero-order valence-corrected chi connectivity index (χ0v) is 16.0. The van der Waals surface area contributed by atoms with Crippen LogP contribution in [-0.4, -0.2) is 24.1 Å². The summed E-state index contributed by atoms with van der Waals surface area (Å²) in [6, 6.07) is 6.00. The molecule has 2 amide bonds. The number of hydrogen-bond acceptors (Lipinski definition) is 3. The summed E-state index contributed by atoms with van der Waals surface area (Å²) in [7, 11) is 0. The first-order valence-corrected chi connectivity index (χ1v) is 10.2. The van der Waals surface area contributed by atoms with Crippen molar-refractivity contribution in [3.63, 3.8) is 0 Å². The van der Waals surface area contributed by atoms with Crippen molar-refractivity contribution in [2.75, 3.05) is 6.54 Å². The fraction of sp³-hybridized carbons (Fsp3) is 0.591. The summed E-state index contributed by atoms with van der Waals surface area (Å²) in [5, 5.41) is 2.95. The molecule has 0 radical (unpaired) electrons. The van der Waals surface area contributed by atoms with E-state index in [1.807, 2.05) is 12.1 Å². The maximum absolute atomic E-state index is 12.4. The molecule has 2 aliphatic carbocycles. The highest BCUT2D eigenvalue weighted by molar-refractivity contribution is 5.98. The van der Waals surface area contributed by atoms with E-state index in [9.17, 15) is 14.4 Å². The molecule has 0 spiro atoms. The van der Waals surface area contributed by atoms with E-state index in [0.29, 0.717) is 12.5 Å². The molecular formula is C22H30N2O3. The molecule has 0 aromatic heterocycles. The van der Waals surface area contributed by atoms with Gasteiger partial charge in [-0.15, -0.1) is 0 Å². The van der Waals surface area contributed by atoms with Crippen LogP contribution in [0.15, 0.2) is 18.2 Å². The summed E-state index contributed by atoms with van der Waals surface area (Å²) >= 11 is 0. The number of benzene rings is 1. The molecule has 1 fully saturated rings. The van der Waals surface area contributed by atoms with Crippen molar-refractivity contribution in [2.24, 2.45) is 17.6 Å². The first kappa shape index (κ1) is 19.6. The van der Waals surface area contributed by atoms with E-state index in [1.54, 1.807) is 0 Å². The lowest BCUT2D eigenvalue weighted by Crippen LogP contribution is -2.34. The normalized spacial score (nSPS) is 21.9. The van der Waals surface area contributed by atoms with E-state index in [0.717, 1.165) is 44.1 Å². The van der Waals surface area contributed by atoms with Crippen molar-refractivity contribution in [2.45, 2.75) is 64.2 Å². The van der Waals surface area contributed by atoms with Crippen LogP contribution in [0.1, 0.15) is 72.9 Å². The van der Waals surface area contributed by atoms with Gasteiger partial charge in [0.05, 0.1) is 0 Å². The number of amides is 2. The fourth-order valence-corrected chi connectivity index (χ4v) is 4.28. The molecule has 0 unspecified atom stereocenters. The number of fused-ring (bicyclic) bond motifs is 1. The second kappa shape index (κ2) is 9.16. The maximum atomic E-state index is 12.4. The number of nitrogens with one attached hydrogen (secondary N) is 1. The van der Waals surface area contributed by atoms with Gasteiger partial charge in [-0.2, -0.15) is 0 Å². The number of rotatable bonds is 7. The van der Waals surface area contributed by atoms with E-state index in [1.165, 1.54) is 24.0 Å². The Morgan fingerprint density at radius 2 is 1.67 bits per heavy atom. The number of primary amides is 1. The molecule has 0 bridgehead atoms. The first-order valence-electron chi connectivity index (χ1n) is 10.2. The molecule has 0 atom stereocenters. The lowest BCUT2D eigenvalue weighted by atomic mass is 9.81. The average molecular weight is 370 g/mol. The number of hydrogen-bond donors (Lipinski definition) is 2. The molecule has 27 heavy (non-hydrogen) atoms. The molecule has 1 aromatic carbocycles. The van der Waals surface area contributed by atoms with Crippen molar-refractivity contribution < 1.29 is 14.4 Å². The topological polar surface area (TPSA) is 89.3 Å². The number of ketones is 1. The minimum atomic E-state index is -0.210. The Labute approximate surface area is 161 Å². The molecule has 0 saturated heterocycles. The molecule has 5 heteroatoms. The molecule has 0 aliphatic heterocycles. The maximum Gasteiger partial charge on any atom is 0.220 e. The van der Waals surface area contributed by atoms with Gasteiger partial charge in [-0.05, 0) is 74.5 Å². The standard InChI is InChI=1S/C22H30N2O3/c23-22(27)17-7-5-15(6-8-17)14-24-21(26)12-11-20(25)19-10-9-16-3-1-2-4-18(16)13-19/h9-10,13,15,17H,1-8,11-12,14H2,(H2,23,27)(H,24,26). The number of Topliss-reactive ketones (excluding diaryl/α,β-unsaturated/α-hetero) is 1. The zero-order chi connectivity index (χ0) is 19.2. The summed E-state index contributed by atoms with van der Waals surface area (Å²) in [5.74, 6) is 0.157. The van der Waals surface area contributed by atoms with E-state index < -0.39 is 0 Å². The van der Waals surface area contributed by atoms with Crippen LogP contribution in [0.5, 0.6) is 0 Å². The Kier molecular flexibility index (Phi) is 6.64. The predicted octanol–water partition coefficient (Wildman–Crippen LogP) is 2.94. The van der Waals surface area contributed by atoms with Gasteiger partial charge >= 0.3 is 0 Å². The van der Waals surface area contributed by atoms with Gasteiger partial charge in [0, 0.05) is 30.9 Å². The first-order chi connectivity index (χ1) is 13.0. The second-order valence-corrected chi connectivity index (χ2v) is 8.04. The van der Waals surface area contributed by atoms with Crippen molar-refractivity contribution >= 4 is 17.6 Å². The van der Waals surface area contributed by atoms with Crippen LogP contribution in [0.3, 0.4) is 0 Å². The van der Waals surface area contributed by atoms with Crippen LogP contribution in [0, 0.1) is 11.8 Å². The van der Waals surface area contributed by atoms with E-state index in [2.05, 4.69) is 11.4 Å². The van der Waals surface area contributed by atoms with E-state index in [4.69, 9.17) is 5.73 Å². The van der Waals surface area contributed by atoms with Crippen LogP contribution in [0.2, 0.25) is 0 Å². The zero-order valence-electron chi connectivity index (χ0n) is 16.0. The quantitative estimate of drug-likeness (QED) is 0.723. The summed E-state index contributed by atoms with van der Waals surface area (Å²) in [4.78, 5) is 35.7. The monoisotopic (exact) mass is 370 g/mol. The van der Waals surface area contributed by atoms with Gasteiger partial charge in [0.25, 0.3) is 0 Å². The van der Waals surface area contributed by atoms with Crippen molar-refractivity contribution in [1.29, 1.82) is 0 Å². The highest BCUT2D eigenvalue weighted by atomic mass is 16.2. The average Bonchev–Trinajstić information content (AvgIpc) is 2.70. The van der Waals surface area contributed by atoms with Crippen LogP contribution in [-0.2, 0) is 22.4 Å². The van der Waals surface area contributed by atoms with Crippen molar-refractivity contribution in [1.82, 2.24) is 5.32 Å². The summed E-state index contributed by atoms with van der Waals surface area (Å²) in [5.41, 5.74) is 8.73. The Morgan fingerprint density at radius 3 is 2.37 bits per heavy atom. The highest BCUT2D eigenvalue weighted by Gasteiger charge is 2.24. The predicted molar refractivity (Wildman–Crippen MR) is 104 cm³/mol. The number of nitrogens with two attached hydrogens (primary N) is 1. The van der Waals surface area contributed by atoms with Gasteiger partial charge < -0.3 is 11.1 Å². The Bertz CT molecular complexity index is 706. The third-order valence-electron chi connectivity index (χ3n) is 6.09. The van der Waals surface area contributed by atoms with Crippen LogP contribution in [0.25, 0.3) is 0 Å². The number of aryl methyl sites for hydroxylation is 2. The second-order valence-electron chi connectivity index (χ2n) is 8.04. The summed E-state index contributed by atoms with van der Waals surface area (Å²) in [6.45, 7) is 0.622. The Balaban J connectivity index is 1.39. The molecule has 1 saturated carbocycles. The van der Waals surface area contributed by atoms with Gasteiger partial charge in [0.2, 0.25) is 11.8 Å². The third kappa shape index (κ3) is 5.41. The number of carbonyl (C=O) groups excluding carboxylic acids is 3. The molecule has 146 valence electrons. The minimum absolute atomic E-state index is 0.00816. The van der Waals surface area contributed by atoms with Crippen LogP contribution in [0.4, 0.5) is 0 Å². The van der Waals surface area contributed by atoms with Crippen molar-refractivity contribution in [3.8, 4) is 0 Å². The molecule has 3 rings (SSSR count). The van der Waals surface area contributed by atoms with Crippen molar-refractivity contribution in [3.05, 3.63) is 34.9 Å². The summed E-state index contributed by atoms with van der Waals surface area (Å²) < 4.78 is 0. The SMILES string of the molecule is NC(=O)C1CCC(CNC(=O)CCC(=O)c2ccc3c(c2)CCCC3)CC1. The molecule has 3 N–H and O–H groups in total. The highest BCUT2D eigenvalue weighted by Crippen LogP contribution is 2.28. The molecule has 2 aliphatic rings. The van der Waals surface area contributed by atoms with Gasteiger partial charge in [0.15, 0.2) is 5.78 Å². The van der Waals surface area contributed by atoms with Gasteiger partial charge in [0.1, 0.15) is 0 Å². The molecule has 0 heterocycles.